The molecule has 2 aliphatic heterocycles. The summed E-state index contributed by atoms with van der Waals surface area (Å²) in [4.78, 5) is 30.2. The fourth-order valence-electron chi connectivity index (χ4n) is 3.87. The van der Waals surface area contributed by atoms with E-state index in [0.717, 1.165) is 42.7 Å². The Balaban J connectivity index is 1.63. The topological polar surface area (TPSA) is 49.9 Å². The molecule has 6 heteroatoms. The Hall–Kier alpha value is -1.40. The van der Waals surface area contributed by atoms with E-state index in [1.807, 2.05) is 28.2 Å². The molecule has 5 nitrogen and oxygen atoms in total. The molecule has 132 valence electrons. The molecule has 3 rings (SSSR count). The number of nitrogens with zero attached hydrogens (tertiary/aromatic N) is 2. The molecule has 0 aromatic carbocycles. The average molecular weight is 350 g/mol. The minimum atomic E-state index is -0.256. The van der Waals surface area contributed by atoms with Gasteiger partial charge in [-0.25, -0.2) is 0 Å². The molecular formula is C18H26N2O3S. The van der Waals surface area contributed by atoms with Gasteiger partial charge in [0.05, 0.1) is 16.9 Å². The van der Waals surface area contributed by atoms with Crippen LogP contribution in [0.15, 0.2) is 11.4 Å². The molecule has 0 bridgehead atoms. The summed E-state index contributed by atoms with van der Waals surface area (Å²) >= 11 is 1.51. The van der Waals surface area contributed by atoms with Crippen molar-refractivity contribution in [1.82, 2.24) is 9.80 Å². The predicted octanol–water partition coefficient (Wildman–Crippen LogP) is 2.55. The van der Waals surface area contributed by atoms with Crippen molar-refractivity contribution >= 4 is 23.2 Å². The highest BCUT2D eigenvalue weighted by Gasteiger charge is 2.46. The Labute approximate surface area is 147 Å². The molecule has 0 unspecified atom stereocenters. The molecule has 3 heterocycles. The summed E-state index contributed by atoms with van der Waals surface area (Å²) in [6.45, 7) is 5.46. The van der Waals surface area contributed by atoms with Gasteiger partial charge in [-0.05, 0) is 49.6 Å². The first-order valence-electron chi connectivity index (χ1n) is 8.68. The molecule has 2 aliphatic rings. The van der Waals surface area contributed by atoms with Crippen LogP contribution in [0.25, 0.3) is 0 Å². The number of ether oxygens (including phenoxy) is 1. The van der Waals surface area contributed by atoms with E-state index in [1.165, 1.54) is 11.3 Å². The van der Waals surface area contributed by atoms with Gasteiger partial charge < -0.3 is 14.5 Å². The SMILES string of the molecule is COCCN1CCCC2(CCN(C(=O)c3cc(C)cs3)CC2)C1=O. The highest BCUT2D eigenvalue weighted by Crippen LogP contribution is 2.41. The third-order valence-electron chi connectivity index (χ3n) is 5.34. The monoisotopic (exact) mass is 350 g/mol. The molecule has 2 fully saturated rings. The van der Waals surface area contributed by atoms with E-state index in [2.05, 4.69) is 0 Å². The van der Waals surface area contributed by atoms with Crippen molar-refractivity contribution in [2.24, 2.45) is 5.41 Å². The molecule has 1 aromatic rings. The maximum atomic E-state index is 12.9. The lowest BCUT2D eigenvalue weighted by Gasteiger charge is -2.46. The first-order chi connectivity index (χ1) is 11.6. The smallest absolute Gasteiger partial charge is 0.263 e. The van der Waals surface area contributed by atoms with Crippen LogP contribution >= 0.6 is 11.3 Å². The van der Waals surface area contributed by atoms with E-state index in [9.17, 15) is 9.59 Å². The Bertz CT molecular complexity index is 605. The second-order valence-electron chi connectivity index (χ2n) is 6.95. The number of piperidine rings is 2. The predicted molar refractivity (Wildman–Crippen MR) is 94.3 cm³/mol. The zero-order valence-corrected chi connectivity index (χ0v) is 15.4. The number of carbonyl (C=O) groups excluding carboxylic acids is 2. The lowest BCUT2D eigenvalue weighted by molar-refractivity contribution is -0.150. The zero-order valence-electron chi connectivity index (χ0n) is 14.5. The number of methoxy groups -OCH3 is 1. The Morgan fingerprint density at radius 3 is 2.67 bits per heavy atom. The summed E-state index contributed by atoms with van der Waals surface area (Å²) in [5.74, 6) is 0.382. The van der Waals surface area contributed by atoms with Crippen molar-refractivity contribution in [1.29, 1.82) is 0 Å². The molecule has 0 aliphatic carbocycles. The first-order valence-corrected chi connectivity index (χ1v) is 9.56. The summed E-state index contributed by atoms with van der Waals surface area (Å²) in [6, 6.07) is 1.95. The maximum Gasteiger partial charge on any atom is 0.263 e. The second kappa shape index (κ2) is 7.23. The fourth-order valence-corrected chi connectivity index (χ4v) is 4.73. The van der Waals surface area contributed by atoms with Crippen molar-refractivity contribution in [2.75, 3.05) is 39.9 Å². The number of hydrogen-bond acceptors (Lipinski definition) is 4. The highest BCUT2D eigenvalue weighted by atomic mass is 32.1. The third kappa shape index (κ3) is 3.35. The number of rotatable bonds is 4. The largest absolute Gasteiger partial charge is 0.383 e. The van der Waals surface area contributed by atoms with Gasteiger partial charge in [-0.15, -0.1) is 11.3 Å². The summed E-state index contributed by atoms with van der Waals surface area (Å²) in [5, 5.41) is 2.01. The van der Waals surface area contributed by atoms with Crippen LogP contribution in [0.3, 0.4) is 0 Å². The van der Waals surface area contributed by atoms with Crippen molar-refractivity contribution < 1.29 is 14.3 Å². The molecule has 24 heavy (non-hydrogen) atoms. The molecule has 0 radical (unpaired) electrons. The lowest BCUT2D eigenvalue weighted by Crippen LogP contribution is -2.54. The minimum Gasteiger partial charge on any atom is -0.383 e. The number of likely N-dealkylation sites (tertiary alicyclic amines) is 2. The van der Waals surface area contributed by atoms with Crippen LogP contribution < -0.4 is 0 Å². The molecule has 0 saturated carbocycles. The summed E-state index contributed by atoms with van der Waals surface area (Å²) in [7, 11) is 1.67. The Morgan fingerprint density at radius 1 is 1.29 bits per heavy atom. The molecule has 0 atom stereocenters. The van der Waals surface area contributed by atoms with E-state index in [-0.39, 0.29) is 17.2 Å². The van der Waals surface area contributed by atoms with Gasteiger partial charge in [-0.3, -0.25) is 9.59 Å². The van der Waals surface area contributed by atoms with Crippen molar-refractivity contribution in [3.8, 4) is 0 Å². The number of hydrogen-bond donors (Lipinski definition) is 0. The normalized spacial score (nSPS) is 20.7. The van der Waals surface area contributed by atoms with Crippen molar-refractivity contribution in [3.63, 3.8) is 0 Å². The summed E-state index contributed by atoms with van der Waals surface area (Å²) in [6.07, 6.45) is 3.57. The van der Waals surface area contributed by atoms with Gasteiger partial charge in [-0.2, -0.15) is 0 Å². The van der Waals surface area contributed by atoms with E-state index >= 15 is 0 Å². The minimum absolute atomic E-state index is 0.113. The quantitative estimate of drug-likeness (QED) is 0.838. The van der Waals surface area contributed by atoms with Crippen LogP contribution in [0.1, 0.15) is 40.9 Å². The molecule has 0 N–H and O–H groups in total. The molecule has 1 spiro atoms. The fraction of sp³-hybridized carbons (Fsp3) is 0.667. The van der Waals surface area contributed by atoms with Crippen LogP contribution in [-0.2, 0) is 9.53 Å². The van der Waals surface area contributed by atoms with Gasteiger partial charge in [0.25, 0.3) is 5.91 Å². The van der Waals surface area contributed by atoms with Crippen LogP contribution in [0.4, 0.5) is 0 Å². The number of aryl methyl sites for hydroxylation is 1. The highest BCUT2D eigenvalue weighted by molar-refractivity contribution is 7.12. The standard InChI is InChI=1S/C18H26N2O3S/c1-14-12-15(24-13-14)16(21)19-8-5-18(6-9-19)4-3-7-20(17(18)22)10-11-23-2/h12-13H,3-11H2,1-2H3. The summed E-state index contributed by atoms with van der Waals surface area (Å²) in [5.41, 5.74) is 0.877. The van der Waals surface area contributed by atoms with E-state index < -0.39 is 0 Å². The Kier molecular flexibility index (Phi) is 5.25. The number of amides is 2. The third-order valence-corrected chi connectivity index (χ3v) is 6.37. The van der Waals surface area contributed by atoms with Gasteiger partial charge >= 0.3 is 0 Å². The average Bonchev–Trinajstić information content (AvgIpc) is 3.03. The van der Waals surface area contributed by atoms with Gasteiger partial charge in [0.1, 0.15) is 0 Å². The number of carbonyl (C=O) groups is 2. The summed E-state index contributed by atoms with van der Waals surface area (Å²) < 4.78 is 5.12. The van der Waals surface area contributed by atoms with Gasteiger partial charge in [0.15, 0.2) is 0 Å². The van der Waals surface area contributed by atoms with Crippen LogP contribution in [0.2, 0.25) is 0 Å². The van der Waals surface area contributed by atoms with Crippen molar-refractivity contribution in [3.05, 3.63) is 21.9 Å². The molecule has 1 aromatic heterocycles. The molecule has 2 saturated heterocycles. The molecule has 2 amide bonds. The second-order valence-corrected chi connectivity index (χ2v) is 7.86. The Morgan fingerprint density at radius 2 is 2.04 bits per heavy atom. The van der Waals surface area contributed by atoms with Gasteiger partial charge in [0, 0.05) is 33.3 Å². The van der Waals surface area contributed by atoms with Crippen LogP contribution in [-0.4, -0.2) is 61.5 Å². The molecular weight excluding hydrogens is 324 g/mol. The van der Waals surface area contributed by atoms with Gasteiger partial charge in [0.2, 0.25) is 5.91 Å². The van der Waals surface area contributed by atoms with E-state index in [0.29, 0.717) is 26.2 Å². The maximum absolute atomic E-state index is 12.9. The van der Waals surface area contributed by atoms with Crippen molar-refractivity contribution in [2.45, 2.75) is 32.6 Å². The first kappa shape index (κ1) is 17.4. The zero-order chi connectivity index (χ0) is 17.2. The van der Waals surface area contributed by atoms with Crippen LogP contribution in [0.5, 0.6) is 0 Å². The number of thiophene rings is 1. The van der Waals surface area contributed by atoms with Gasteiger partial charge in [-0.1, -0.05) is 0 Å². The van der Waals surface area contributed by atoms with E-state index in [1.54, 1.807) is 7.11 Å². The van der Waals surface area contributed by atoms with Crippen LogP contribution in [0, 0.1) is 12.3 Å². The van der Waals surface area contributed by atoms with E-state index in [4.69, 9.17) is 4.74 Å². The lowest BCUT2D eigenvalue weighted by atomic mass is 9.71.